The Bertz CT molecular complexity index is 587. The molecule has 0 atom stereocenters. The lowest BCUT2D eigenvalue weighted by Crippen LogP contribution is -2.26. The Balaban J connectivity index is 2.60. The maximum Gasteiger partial charge on any atom is 0.414 e. The van der Waals surface area contributed by atoms with Gasteiger partial charge in [-0.3, -0.25) is 4.90 Å². The number of esters is 1. The van der Waals surface area contributed by atoms with E-state index in [9.17, 15) is 9.59 Å². The molecule has 0 aromatic heterocycles. The minimum Gasteiger partial charge on any atom is -0.463 e. The second-order valence-electron chi connectivity index (χ2n) is 4.40. The van der Waals surface area contributed by atoms with Crippen molar-refractivity contribution in [1.82, 2.24) is 4.90 Å². The molecule has 0 bridgehead atoms. The minimum absolute atomic E-state index is 0.0484. The zero-order valence-corrected chi connectivity index (χ0v) is 14.1. The molecule has 1 rings (SSSR count). The summed E-state index contributed by atoms with van der Waals surface area (Å²) in [5.41, 5.74) is 1.13. The summed E-state index contributed by atoms with van der Waals surface area (Å²) in [7, 11) is 1.50. The van der Waals surface area contributed by atoms with Gasteiger partial charge in [0.1, 0.15) is 6.61 Å². The molecule has 120 valence electrons. The van der Waals surface area contributed by atoms with Crippen LogP contribution in [0.25, 0.3) is 0 Å². The highest BCUT2D eigenvalue weighted by Crippen LogP contribution is 2.23. The summed E-state index contributed by atoms with van der Waals surface area (Å²) in [4.78, 5) is 24.4. The Kier molecular flexibility index (Phi) is 7.21. The van der Waals surface area contributed by atoms with Crippen LogP contribution in [0.5, 0.6) is 0 Å². The van der Waals surface area contributed by atoms with Gasteiger partial charge in [0.15, 0.2) is 0 Å². The number of rotatable bonds is 5. The first-order valence-corrected chi connectivity index (χ1v) is 7.30. The van der Waals surface area contributed by atoms with Crippen LogP contribution in [0.2, 0.25) is 10.0 Å². The van der Waals surface area contributed by atoms with Crippen LogP contribution in [0.3, 0.4) is 0 Å². The van der Waals surface area contributed by atoms with Crippen molar-refractivity contribution in [3.05, 3.63) is 45.6 Å². The van der Waals surface area contributed by atoms with Crippen molar-refractivity contribution in [3.63, 3.8) is 0 Å². The molecule has 0 fully saturated rings. The van der Waals surface area contributed by atoms with E-state index in [-0.39, 0.29) is 13.2 Å². The summed E-state index contributed by atoms with van der Waals surface area (Å²) in [6.45, 7) is 3.63. The van der Waals surface area contributed by atoms with Gasteiger partial charge in [-0.1, -0.05) is 29.3 Å². The molecule has 0 aliphatic rings. The topological polar surface area (TPSA) is 55.8 Å². The molecule has 0 aliphatic carbocycles. The number of hydrogen-bond acceptors (Lipinski definition) is 4. The number of halogens is 2. The summed E-state index contributed by atoms with van der Waals surface area (Å²) >= 11 is 11.7. The first-order valence-electron chi connectivity index (χ1n) is 6.54. The molecule has 0 unspecified atom stereocenters. The van der Waals surface area contributed by atoms with Gasteiger partial charge in [0.2, 0.25) is 0 Å². The quantitative estimate of drug-likeness (QED) is 0.597. The van der Waals surface area contributed by atoms with E-state index in [1.54, 1.807) is 32.0 Å². The average Bonchev–Trinajstić information content (AvgIpc) is 2.47. The molecular weight excluding hydrogens is 329 g/mol. The van der Waals surface area contributed by atoms with Crippen LogP contribution in [0.1, 0.15) is 19.4 Å². The second kappa shape index (κ2) is 8.66. The third-order valence-corrected chi connectivity index (χ3v) is 3.50. The molecule has 7 heteroatoms. The molecule has 1 aromatic carbocycles. The monoisotopic (exact) mass is 345 g/mol. The highest BCUT2D eigenvalue weighted by atomic mass is 35.5. The van der Waals surface area contributed by atoms with E-state index in [0.29, 0.717) is 21.3 Å². The predicted octanol–water partition coefficient (Wildman–Crippen LogP) is 4.03. The third-order valence-electron chi connectivity index (χ3n) is 2.76. The summed E-state index contributed by atoms with van der Waals surface area (Å²) in [5, 5.41) is 0.823. The number of amides is 1. The second-order valence-corrected chi connectivity index (χ2v) is 5.21. The van der Waals surface area contributed by atoms with E-state index >= 15 is 0 Å². The fourth-order valence-electron chi connectivity index (χ4n) is 1.47. The Morgan fingerprint density at radius 1 is 1.23 bits per heavy atom. The third kappa shape index (κ3) is 5.58. The summed E-state index contributed by atoms with van der Waals surface area (Å²) in [6, 6.07) is 4.96. The summed E-state index contributed by atoms with van der Waals surface area (Å²) < 4.78 is 9.91. The number of benzene rings is 1. The number of nitrogens with zero attached hydrogens (tertiary/aromatic N) is 1. The number of carbonyl (C=O) groups excluding carboxylic acids is 2. The van der Waals surface area contributed by atoms with E-state index in [1.165, 1.54) is 18.0 Å². The predicted molar refractivity (Wildman–Crippen MR) is 84.8 cm³/mol. The minimum atomic E-state index is -0.593. The zero-order chi connectivity index (χ0) is 16.7. The van der Waals surface area contributed by atoms with Crippen molar-refractivity contribution in [1.29, 1.82) is 0 Å². The van der Waals surface area contributed by atoms with Crippen molar-refractivity contribution in [3.8, 4) is 0 Å². The number of allylic oxidation sites excluding steroid dienone is 1. The van der Waals surface area contributed by atoms with E-state index in [1.807, 2.05) is 0 Å². The average molecular weight is 346 g/mol. The molecule has 0 heterocycles. The van der Waals surface area contributed by atoms with Gasteiger partial charge in [-0.15, -0.1) is 0 Å². The van der Waals surface area contributed by atoms with Crippen molar-refractivity contribution >= 4 is 35.3 Å². The maximum atomic E-state index is 11.9. The van der Waals surface area contributed by atoms with E-state index < -0.39 is 12.1 Å². The van der Waals surface area contributed by atoms with Crippen LogP contribution in [-0.4, -0.2) is 30.6 Å². The van der Waals surface area contributed by atoms with Crippen molar-refractivity contribution in [2.75, 3.05) is 13.7 Å². The van der Waals surface area contributed by atoms with Crippen LogP contribution in [0.4, 0.5) is 4.79 Å². The van der Waals surface area contributed by atoms with Crippen LogP contribution < -0.4 is 0 Å². The highest BCUT2D eigenvalue weighted by Gasteiger charge is 2.13. The van der Waals surface area contributed by atoms with Crippen LogP contribution in [0, 0.1) is 0 Å². The first kappa shape index (κ1) is 18.3. The highest BCUT2D eigenvalue weighted by molar-refractivity contribution is 6.42. The van der Waals surface area contributed by atoms with Crippen molar-refractivity contribution < 1.29 is 19.1 Å². The van der Waals surface area contributed by atoms with Crippen LogP contribution >= 0.6 is 23.2 Å². The van der Waals surface area contributed by atoms with Gasteiger partial charge in [0.05, 0.1) is 16.7 Å². The molecular formula is C15H17Cl2NO4. The molecule has 0 spiro atoms. The Labute approximate surface area is 139 Å². The van der Waals surface area contributed by atoms with Gasteiger partial charge in [0.25, 0.3) is 0 Å². The van der Waals surface area contributed by atoms with Gasteiger partial charge in [-0.2, -0.15) is 0 Å². The summed E-state index contributed by atoms with van der Waals surface area (Å²) in [5.74, 6) is -0.510. The van der Waals surface area contributed by atoms with E-state index in [2.05, 4.69) is 0 Å². The van der Waals surface area contributed by atoms with Gasteiger partial charge >= 0.3 is 12.1 Å². The normalized spacial score (nSPS) is 11.0. The van der Waals surface area contributed by atoms with Crippen LogP contribution in [-0.2, 0) is 20.9 Å². The Morgan fingerprint density at radius 3 is 2.50 bits per heavy atom. The lowest BCUT2D eigenvalue weighted by atomic mass is 10.2. The fourth-order valence-corrected chi connectivity index (χ4v) is 1.79. The van der Waals surface area contributed by atoms with E-state index in [0.717, 1.165) is 0 Å². The molecule has 0 N–H and O–H groups in total. The van der Waals surface area contributed by atoms with Gasteiger partial charge in [0, 0.05) is 18.8 Å². The SMILES string of the molecule is CCOC(=O)/C=C(/C)N(C)C(=O)OCc1ccc(Cl)c(Cl)c1. The lowest BCUT2D eigenvalue weighted by Gasteiger charge is -2.17. The first-order chi connectivity index (χ1) is 10.3. The molecule has 5 nitrogen and oxygen atoms in total. The van der Waals surface area contributed by atoms with Crippen molar-refractivity contribution in [2.45, 2.75) is 20.5 Å². The zero-order valence-electron chi connectivity index (χ0n) is 12.6. The number of ether oxygens (including phenoxy) is 2. The van der Waals surface area contributed by atoms with Crippen LogP contribution in [0.15, 0.2) is 30.0 Å². The van der Waals surface area contributed by atoms with E-state index in [4.69, 9.17) is 32.7 Å². The Hall–Kier alpha value is -1.72. The largest absolute Gasteiger partial charge is 0.463 e. The molecule has 1 amide bonds. The number of carbonyl (C=O) groups is 2. The lowest BCUT2D eigenvalue weighted by molar-refractivity contribution is -0.137. The van der Waals surface area contributed by atoms with Gasteiger partial charge < -0.3 is 9.47 Å². The summed E-state index contributed by atoms with van der Waals surface area (Å²) in [6.07, 6.45) is 0.633. The standard InChI is InChI=1S/C15H17Cl2NO4/c1-4-21-14(19)7-10(2)18(3)15(20)22-9-11-5-6-12(16)13(17)8-11/h5-8H,4,9H2,1-3H3/b10-7-. The molecule has 0 saturated heterocycles. The smallest absolute Gasteiger partial charge is 0.414 e. The van der Waals surface area contributed by atoms with Crippen molar-refractivity contribution in [2.24, 2.45) is 0 Å². The molecule has 0 aliphatic heterocycles. The van der Waals surface area contributed by atoms with Gasteiger partial charge in [-0.25, -0.2) is 9.59 Å². The maximum absolute atomic E-state index is 11.9. The molecule has 0 saturated carbocycles. The molecule has 0 radical (unpaired) electrons. The van der Waals surface area contributed by atoms with Gasteiger partial charge in [-0.05, 0) is 31.5 Å². The molecule has 1 aromatic rings. The molecule has 22 heavy (non-hydrogen) atoms. The Morgan fingerprint density at radius 2 is 1.91 bits per heavy atom. The number of hydrogen-bond donors (Lipinski definition) is 0. The fraction of sp³-hybridized carbons (Fsp3) is 0.333.